The van der Waals surface area contributed by atoms with E-state index >= 15 is 0 Å². The third kappa shape index (κ3) is 6.57. The van der Waals surface area contributed by atoms with Crippen molar-refractivity contribution in [3.8, 4) is 11.5 Å². The first-order chi connectivity index (χ1) is 15.3. The molecule has 0 radical (unpaired) electrons. The zero-order chi connectivity index (χ0) is 23.1. The van der Waals surface area contributed by atoms with E-state index in [1.165, 1.54) is 30.3 Å². The monoisotopic (exact) mass is 453 g/mol. The highest BCUT2D eigenvalue weighted by molar-refractivity contribution is 6.31. The van der Waals surface area contributed by atoms with Crippen molar-refractivity contribution < 1.29 is 13.9 Å². The first-order valence-electron chi connectivity index (χ1n) is 10.1. The second-order valence-electron chi connectivity index (χ2n) is 7.45. The van der Waals surface area contributed by atoms with Gasteiger partial charge < -0.3 is 21.5 Å². The maximum atomic E-state index is 13.1. The lowest BCUT2D eigenvalue weighted by Gasteiger charge is -2.12. The third-order valence-corrected chi connectivity index (χ3v) is 4.91. The summed E-state index contributed by atoms with van der Waals surface area (Å²) in [5.74, 6) is 0.0163. The Labute approximate surface area is 191 Å². The molecule has 0 aliphatic carbocycles. The number of hydrogen-bond acceptors (Lipinski definition) is 4. The first-order valence-corrected chi connectivity index (χ1v) is 10.5. The number of amides is 1. The van der Waals surface area contributed by atoms with Crippen molar-refractivity contribution in [1.29, 1.82) is 0 Å². The average Bonchev–Trinajstić information content (AvgIpc) is 2.78. The number of nitrogens with one attached hydrogen (secondary N) is 1. The van der Waals surface area contributed by atoms with E-state index < -0.39 is 0 Å². The Balaban J connectivity index is 1.67. The molecule has 0 aliphatic heterocycles. The summed E-state index contributed by atoms with van der Waals surface area (Å²) in [5.41, 5.74) is 14.6. The van der Waals surface area contributed by atoms with Gasteiger partial charge in [0.05, 0.1) is 5.56 Å². The van der Waals surface area contributed by atoms with Crippen LogP contribution in [0.3, 0.4) is 0 Å². The lowest BCUT2D eigenvalue weighted by Crippen LogP contribution is -2.23. The maximum absolute atomic E-state index is 13.1. The van der Waals surface area contributed by atoms with Crippen molar-refractivity contribution in [2.45, 2.75) is 25.9 Å². The van der Waals surface area contributed by atoms with Gasteiger partial charge in [0.1, 0.15) is 17.3 Å². The summed E-state index contributed by atoms with van der Waals surface area (Å²) in [7, 11) is 0. The second-order valence-corrected chi connectivity index (χ2v) is 7.88. The largest absolute Gasteiger partial charge is 0.457 e. The van der Waals surface area contributed by atoms with Gasteiger partial charge in [-0.1, -0.05) is 41.9 Å². The Hall–Kier alpha value is -3.35. The van der Waals surface area contributed by atoms with Crippen LogP contribution in [0, 0.1) is 5.82 Å². The quantitative estimate of drug-likeness (QED) is 0.435. The molecule has 32 heavy (non-hydrogen) atoms. The third-order valence-electron chi connectivity index (χ3n) is 4.68. The minimum atomic E-state index is -0.372. The summed E-state index contributed by atoms with van der Waals surface area (Å²) in [6.07, 6.45) is 2.61. The molecule has 0 fully saturated rings. The molecule has 0 aliphatic rings. The van der Waals surface area contributed by atoms with Gasteiger partial charge in [0.25, 0.3) is 5.91 Å². The van der Waals surface area contributed by atoms with Crippen LogP contribution in [0.2, 0.25) is 5.02 Å². The standard InChI is InChI=1S/C25H25ClFN3O2/c1-16(28)2-12-23(29)18-5-3-17(4-6-18)15-30-25(31)22-14-19(26)7-13-24(22)32-21-10-8-20(27)9-11-21/h3-14,16H,2,15,28-29H2,1H3,(H,30,31)/b23-12+. The molecular formula is C25H25ClFN3O2. The Morgan fingerprint density at radius 1 is 1.12 bits per heavy atom. The molecular weight excluding hydrogens is 429 g/mol. The van der Waals surface area contributed by atoms with Crippen molar-refractivity contribution in [2.75, 3.05) is 0 Å². The Morgan fingerprint density at radius 2 is 1.81 bits per heavy atom. The van der Waals surface area contributed by atoms with Crippen LogP contribution in [0.15, 0.2) is 72.8 Å². The fraction of sp³-hybridized carbons (Fsp3) is 0.160. The number of carbonyl (C=O) groups excluding carboxylic acids is 1. The molecule has 1 atom stereocenters. The van der Waals surface area contributed by atoms with Crippen LogP contribution in [0.25, 0.3) is 5.70 Å². The van der Waals surface area contributed by atoms with Crippen LogP contribution in [0.5, 0.6) is 11.5 Å². The predicted octanol–water partition coefficient (Wildman–Crippen LogP) is 5.24. The lowest BCUT2D eigenvalue weighted by atomic mass is 10.1. The van der Waals surface area contributed by atoms with E-state index in [-0.39, 0.29) is 23.3 Å². The van der Waals surface area contributed by atoms with Crippen LogP contribution in [-0.4, -0.2) is 11.9 Å². The summed E-state index contributed by atoms with van der Waals surface area (Å²) >= 11 is 6.08. The average molecular weight is 454 g/mol. The van der Waals surface area contributed by atoms with Gasteiger partial charge in [0.2, 0.25) is 0 Å². The number of rotatable bonds is 8. The van der Waals surface area contributed by atoms with Gasteiger partial charge >= 0.3 is 0 Å². The molecule has 0 aromatic heterocycles. The normalized spacial score (nSPS) is 12.3. The number of carbonyl (C=O) groups is 1. The highest BCUT2D eigenvalue weighted by Crippen LogP contribution is 2.28. The van der Waals surface area contributed by atoms with Crippen molar-refractivity contribution in [2.24, 2.45) is 11.5 Å². The molecule has 166 valence electrons. The highest BCUT2D eigenvalue weighted by atomic mass is 35.5. The van der Waals surface area contributed by atoms with Crippen molar-refractivity contribution >= 4 is 23.2 Å². The molecule has 1 unspecified atom stereocenters. The van der Waals surface area contributed by atoms with Gasteiger partial charge in [-0.25, -0.2) is 4.39 Å². The summed E-state index contributed by atoms with van der Waals surface area (Å²) in [6.45, 7) is 2.23. The molecule has 3 rings (SSSR count). The molecule has 5 N–H and O–H groups in total. The molecule has 3 aromatic rings. The lowest BCUT2D eigenvalue weighted by molar-refractivity contribution is 0.0948. The fourth-order valence-electron chi connectivity index (χ4n) is 2.92. The van der Waals surface area contributed by atoms with Gasteiger partial charge in [-0.2, -0.15) is 0 Å². The molecule has 3 aromatic carbocycles. The Morgan fingerprint density at radius 3 is 2.47 bits per heavy atom. The Kier molecular flexibility index (Phi) is 7.87. The molecule has 7 heteroatoms. The molecule has 1 amide bonds. The van der Waals surface area contributed by atoms with E-state index in [0.717, 1.165) is 11.1 Å². The van der Waals surface area contributed by atoms with E-state index in [0.29, 0.717) is 35.2 Å². The minimum Gasteiger partial charge on any atom is -0.457 e. The van der Waals surface area contributed by atoms with Crippen LogP contribution in [0.1, 0.15) is 34.8 Å². The van der Waals surface area contributed by atoms with Crippen LogP contribution >= 0.6 is 11.6 Å². The summed E-state index contributed by atoms with van der Waals surface area (Å²) < 4.78 is 18.9. The maximum Gasteiger partial charge on any atom is 0.255 e. The number of halogens is 2. The van der Waals surface area contributed by atoms with Gasteiger partial charge in [-0.3, -0.25) is 4.79 Å². The zero-order valence-corrected chi connectivity index (χ0v) is 18.4. The van der Waals surface area contributed by atoms with Gasteiger partial charge in [-0.15, -0.1) is 0 Å². The van der Waals surface area contributed by atoms with E-state index in [2.05, 4.69) is 5.32 Å². The summed E-state index contributed by atoms with van der Waals surface area (Å²) in [4.78, 5) is 12.8. The first kappa shape index (κ1) is 23.3. The van der Waals surface area contributed by atoms with Crippen LogP contribution in [-0.2, 0) is 6.54 Å². The van der Waals surface area contributed by atoms with Gasteiger partial charge in [0.15, 0.2) is 0 Å². The number of hydrogen-bond donors (Lipinski definition) is 3. The molecule has 0 spiro atoms. The van der Waals surface area contributed by atoms with E-state index in [4.69, 9.17) is 27.8 Å². The number of nitrogens with two attached hydrogens (primary N) is 2. The Bertz CT molecular complexity index is 1100. The van der Waals surface area contributed by atoms with E-state index in [9.17, 15) is 9.18 Å². The van der Waals surface area contributed by atoms with Gasteiger partial charge in [0, 0.05) is 23.3 Å². The van der Waals surface area contributed by atoms with Crippen LogP contribution < -0.4 is 21.5 Å². The van der Waals surface area contributed by atoms with Crippen molar-refractivity contribution in [1.82, 2.24) is 5.32 Å². The molecule has 5 nitrogen and oxygen atoms in total. The predicted molar refractivity (Wildman–Crippen MR) is 126 cm³/mol. The molecule has 0 saturated carbocycles. The second kappa shape index (κ2) is 10.8. The molecule has 0 saturated heterocycles. The SMILES string of the molecule is CC(N)C/C=C(/N)c1ccc(CNC(=O)c2cc(Cl)ccc2Oc2ccc(F)cc2)cc1. The van der Waals surface area contributed by atoms with E-state index in [1.54, 1.807) is 12.1 Å². The van der Waals surface area contributed by atoms with Crippen molar-refractivity contribution in [3.63, 3.8) is 0 Å². The fourth-order valence-corrected chi connectivity index (χ4v) is 3.09. The van der Waals surface area contributed by atoms with Crippen LogP contribution in [0.4, 0.5) is 4.39 Å². The van der Waals surface area contributed by atoms with Crippen molar-refractivity contribution in [3.05, 3.63) is 100 Å². The number of ether oxygens (including phenoxy) is 1. The van der Waals surface area contributed by atoms with E-state index in [1.807, 2.05) is 37.3 Å². The highest BCUT2D eigenvalue weighted by Gasteiger charge is 2.14. The smallest absolute Gasteiger partial charge is 0.255 e. The minimum absolute atomic E-state index is 0.0476. The summed E-state index contributed by atoms with van der Waals surface area (Å²) in [5, 5.41) is 3.27. The topological polar surface area (TPSA) is 90.4 Å². The zero-order valence-electron chi connectivity index (χ0n) is 17.6. The molecule has 0 heterocycles. The van der Waals surface area contributed by atoms with Gasteiger partial charge in [-0.05, 0) is 66.9 Å². The number of benzene rings is 3. The summed E-state index contributed by atoms with van der Waals surface area (Å²) in [6, 6.07) is 17.9. The molecule has 0 bridgehead atoms.